The Kier molecular flexibility index (Phi) is 4.57. The number of nitriles is 1. The van der Waals surface area contributed by atoms with Gasteiger partial charge in [0.25, 0.3) is 0 Å². The summed E-state index contributed by atoms with van der Waals surface area (Å²) in [6, 6.07) is 2.52. The lowest BCUT2D eigenvalue weighted by Crippen LogP contribution is -2.31. The average molecular weight is 223 g/mol. The van der Waals surface area contributed by atoms with Crippen LogP contribution in [0.2, 0.25) is 0 Å². The number of allylic oxidation sites excluding steroid dienone is 1. The highest BCUT2D eigenvalue weighted by Gasteiger charge is 2.14. The van der Waals surface area contributed by atoms with Gasteiger partial charge in [0.2, 0.25) is 0 Å². The van der Waals surface area contributed by atoms with Crippen LogP contribution in [-0.4, -0.2) is 11.0 Å². The van der Waals surface area contributed by atoms with Crippen molar-refractivity contribution >= 4 is 17.2 Å². The van der Waals surface area contributed by atoms with Crippen molar-refractivity contribution in [3.63, 3.8) is 0 Å². The van der Waals surface area contributed by atoms with E-state index in [1.807, 2.05) is 13.0 Å². The average Bonchev–Trinajstić information content (AvgIpc) is 2.19. The van der Waals surface area contributed by atoms with Crippen LogP contribution in [0.4, 0.5) is 0 Å². The van der Waals surface area contributed by atoms with E-state index in [2.05, 4.69) is 5.32 Å². The Labute approximate surface area is 96.3 Å². The zero-order valence-corrected chi connectivity index (χ0v) is 9.86. The second-order valence-corrected chi connectivity index (χ2v) is 4.40. The highest BCUT2D eigenvalue weighted by atomic mass is 32.1. The highest BCUT2D eigenvalue weighted by molar-refractivity contribution is 7.80. The molecule has 1 saturated carbocycles. The molecule has 3 nitrogen and oxygen atoms in total. The van der Waals surface area contributed by atoms with Gasteiger partial charge in [-0.25, -0.2) is 0 Å². The number of rotatable bonds is 3. The van der Waals surface area contributed by atoms with Crippen molar-refractivity contribution < 1.29 is 0 Å². The molecule has 0 aromatic rings. The summed E-state index contributed by atoms with van der Waals surface area (Å²) in [5.74, 6) is 0. The van der Waals surface area contributed by atoms with E-state index in [-0.39, 0.29) is 4.99 Å². The van der Waals surface area contributed by atoms with Crippen molar-refractivity contribution in [2.75, 3.05) is 0 Å². The molecule has 82 valence electrons. The molecule has 0 atom stereocenters. The van der Waals surface area contributed by atoms with E-state index in [0.717, 1.165) is 5.70 Å². The number of hydrogen-bond acceptors (Lipinski definition) is 3. The lowest BCUT2D eigenvalue weighted by molar-refractivity contribution is 0.396. The lowest BCUT2D eigenvalue weighted by atomic mass is 9.95. The molecule has 0 aliphatic heterocycles. The minimum absolute atomic E-state index is 0.179. The van der Waals surface area contributed by atoms with Crippen LogP contribution in [0.5, 0.6) is 0 Å². The molecule has 0 heterocycles. The van der Waals surface area contributed by atoms with E-state index in [1.54, 1.807) is 0 Å². The molecule has 0 unspecified atom stereocenters. The molecule has 1 fully saturated rings. The van der Waals surface area contributed by atoms with Gasteiger partial charge in [0.05, 0.1) is 0 Å². The van der Waals surface area contributed by atoms with Gasteiger partial charge in [0, 0.05) is 11.7 Å². The zero-order valence-electron chi connectivity index (χ0n) is 9.05. The minimum Gasteiger partial charge on any atom is -0.389 e. The monoisotopic (exact) mass is 223 g/mol. The molecule has 0 radical (unpaired) electrons. The Bertz CT molecular complexity index is 308. The third kappa shape index (κ3) is 3.52. The van der Waals surface area contributed by atoms with E-state index < -0.39 is 0 Å². The van der Waals surface area contributed by atoms with E-state index >= 15 is 0 Å². The predicted molar refractivity (Wildman–Crippen MR) is 65.1 cm³/mol. The zero-order chi connectivity index (χ0) is 11.3. The second kappa shape index (κ2) is 5.72. The first-order valence-corrected chi connectivity index (χ1v) is 5.73. The number of thiocarbonyl (C=S) groups is 1. The van der Waals surface area contributed by atoms with Crippen molar-refractivity contribution in [3.05, 3.63) is 11.3 Å². The summed E-state index contributed by atoms with van der Waals surface area (Å²) in [6.07, 6.45) is 6.20. The first-order valence-electron chi connectivity index (χ1n) is 5.32. The summed E-state index contributed by atoms with van der Waals surface area (Å²) in [5, 5.41) is 12.2. The van der Waals surface area contributed by atoms with Crippen LogP contribution < -0.4 is 11.1 Å². The quantitative estimate of drug-likeness (QED) is 0.436. The van der Waals surface area contributed by atoms with Gasteiger partial charge in [-0.1, -0.05) is 31.5 Å². The van der Waals surface area contributed by atoms with Crippen LogP contribution in [0.3, 0.4) is 0 Å². The Morgan fingerprint density at radius 2 is 2.00 bits per heavy atom. The van der Waals surface area contributed by atoms with Gasteiger partial charge in [-0.05, 0) is 19.8 Å². The number of hydrogen-bond donors (Lipinski definition) is 2. The van der Waals surface area contributed by atoms with Crippen molar-refractivity contribution in [2.24, 2.45) is 5.73 Å². The van der Waals surface area contributed by atoms with Crippen molar-refractivity contribution in [1.29, 1.82) is 5.26 Å². The first-order chi connectivity index (χ1) is 7.15. The number of nitrogens with zero attached hydrogens (tertiary/aromatic N) is 1. The maximum atomic E-state index is 8.88. The van der Waals surface area contributed by atoms with Crippen LogP contribution in [0.1, 0.15) is 39.0 Å². The summed E-state index contributed by atoms with van der Waals surface area (Å²) in [4.78, 5) is 0.179. The molecule has 0 bridgehead atoms. The molecule has 3 N–H and O–H groups in total. The third-order valence-corrected chi connectivity index (χ3v) is 2.96. The maximum Gasteiger partial charge on any atom is 0.116 e. The molecule has 4 heteroatoms. The summed E-state index contributed by atoms with van der Waals surface area (Å²) < 4.78 is 0. The van der Waals surface area contributed by atoms with Gasteiger partial charge in [-0.15, -0.1) is 0 Å². The largest absolute Gasteiger partial charge is 0.389 e. The molecular formula is C11H17N3S. The third-order valence-electron chi connectivity index (χ3n) is 2.76. The van der Waals surface area contributed by atoms with Crippen LogP contribution in [0.15, 0.2) is 11.3 Å². The molecule has 0 saturated heterocycles. The van der Waals surface area contributed by atoms with Crippen LogP contribution in [0.25, 0.3) is 0 Å². The summed E-state index contributed by atoms with van der Waals surface area (Å²) >= 11 is 4.82. The second-order valence-electron chi connectivity index (χ2n) is 3.96. The summed E-state index contributed by atoms with van der Waals surface area (Å²) in [7, 11) is 0. The van der Waals surface area contributed by atoms with Gasteiger partial charge in [-0.3, -0.25) is 0 Å². The molecule has 1 rings (SSSR count). The molecule has 1 aliphatic rings. The summed E-state index contributed by atoms with van der Waals surface area (Å²) in [5.41, 5.74) is 6.69. The molecule has 0 amide bonds. The normalized spacial score (nSPS) is 18.9. The van der Waals surface area contributed by atoms with Crippen molar-refractivity contribution in [1.82, 2.24) is 5.32 Å². The van der Waals surface area contributed by atoms with Crippen LogP contribution in [-0.2, 0) is 0 Å². The molecule has 0 aromatic heterocycles. The van der Waals surface area contributed by atoms with Gasteiger partial charge in [-0.2, -0.15) is 5.26 Å². The van der Waals surface area contributed by atoms with Crippen LogP contribution in [0, 0.1) is 11.3 Å². The van der Waals surface area contributed by atoms with Crippen LogP contribution >= 0.6 is 12.2 Å². The smallest absolute Gasteiger partial charge is 0.116 e. The Morgan fingerprint density at radius 3 is 2.47 bits per heavy atom. The molecule has 1 aliphatic carbocycles. The Hall–Kier alpha value is -1.08. The topological polar surface area (TPSA) is 61.8 Å². The Morgan fingerprint density at radius 1 is 1.40 bits per heavy atom. The molecule has 15 heavy (non-hydrogen) atoms. The van der Waals surface area contributed by atoms with E-state index in [1.165, 1.54) is 32.1 Å². The standard InChI is InChI=1S/C11H17N3S/c1-8(10(7-12)11(13)15)14-9-5-3-2-4-6-9/h9,14H,2-6H2,1H3,(H2,13,15). The van der Waals surface area contributed by atoms with E-state index in [4.69, 9.17) is 23.2 Å². The van der Waals surface area contributed by atoms with Gasteiger partial charge in [0.1, 0.15) is 16.6 Å². The molecular weight excluding hydrogens is 206 g/mol. The SMILES string of the molecule is CC(NC1CCCCC1)=C(C#N)C(N)=S. The van der Waals surface area contributed by atoms with Crippen molar-refractivity contribution in [2.45, 2.75) is 45.1 Å². The fourth-order valence-corrected chi connectivity index (χ4v) is 2.15. The lowest BCUT2D eigenvalue weighted by Gasteiger charge is -2.24. The molecule has 0 aromatic carbocycles. The first kappa shape index (κ1) is 12.0. The van der Waals surface area contributed by atoms with Gasteiger partial charge >= 0.3 is 0 Å². The predicted octanol–water partition coefficient (Wildman–Crippen LogP) is 1.99. The number of nitrogens with two attached hydrogens (primary N) is 1. The maximum absolute atomic E-state index is 8.88. The Balaban J connectivity index is 2.63. The fraction of sp³-hybridized carbons (Fsp3) is 0.636. The van der Waals surface area contributed by atoms with E-state index in [0.29, 0.717) is 11.6 Å². The van der Waals surface area contributed by atoms with Crippen molar-refractivity contribution in [3.8, 4) is 6.07 Å². The highest BCUT2D eigenvalue weighted by Crippen LogP contribution is 2.18. The fourth-order valence-electron chi connectivity index (χ4n) is 1.95. The van der Waals surface area contributed by atoms with Gasteiger partial charge in [0.15, 0.2) is 0 Å². The minimum atomic E-state index is 0.179. The molecule has 0 spiro atoms. The van der Waals surface area contributed by atoms with Gasteiger partial charge < -0.3 is 11.1 Å². The number of nitrogens with one attached hydrogen (secondary N) is 1. The van der Waals surface area contributed by atoms with E-state index in [9.17, 15) is 0 Å². The summed E-state index contributed by atoms with van der Waals surface area (Å²) in [6.45, 7) is 1.87.